The fourth-order valence-electron chi connectivity index (χ4n) is 2.98. The van der Waals surface area contributed by atoms with Crippen molar-refractivity contribution >= 4 is 11.0 Å². The van der Waals surface area contributed by atoms with Gasteiger partial charge in [0.05, 0.1) is 29.6 Å². The second kappa shape index (κ2) is 8.19. The van der Waals surface area contributed by atoms with Crippen molar-refractivity contribution in [3.8, 4) is 16.9 Å². The summed E-state index contributed by atoms with van der Waals surface area (Å²) in [5.41, 5.74) is 2.48. The van der Waals surface area contributed by atoms with Gasteiger partial charge in [0.15, 0.2) is 0 Å². The molecule has 0 saturated heterocycles. The summed E-state index contributed by atoms with van der Waals surface area (Å²) < 4.78 is 5.81. The Kier molecular flexibility index (Phi) is 6.23. The second-order valence-electron chi connectivity index (χ2n) is 5.92. The van der Waals surface area contributed by atoms with E-state index in [9.17, 15) is 9.90 Å². The lowest BCUT2D eigenvalue weighted by Gasteiger charge is -2.17. The molecular weight excluding hydrogens is 338 g/mol. The normalized spacial score (nSPS) is 10.8. The number of halogens is 1. The lowest BCUT2D eigenvalue weighted by molar-refractivity contribution is -0.910. The third kappa shape index (κ3) is 3.70. The summed E-state index contributed by atoms with van der Waals surface area (Å²) >= 11 is 0. The van der Waals surface area contributed by atoms with Gasteiger partial charge in [-0.2, -0.15) is 0 Å². The predicted molar refractivity (Wildman–Crippen MR) is 95.3 cm³/mol. The first-order valence-corrected chi connectivity index (χ1v) is 8.31. The molecule has 25 heavy (non-hydrogen) atoms. The van der Waals surface area contributed by atoms with Crippen molar-refractivity contribution < 1.29 is 26.8 Å². The highest BCUT2D eigenvalue weighted by atomic mass is 35.5. The fourth-order valence-corrected chi connectivity index (χ4v) is 2.98. The average Bonchev–Trinajstić information content (AvgIpc) is 2.62. The van der Waals surface area contributed by atoms with Gasteiger partial charge in [-0.05, 0) is 31.5 Å². The first-order chi connectivity index (χ1) is 11.7. The third-order valence-corrected chi connectivity index (χ3v) is 4.53. The zero-order valence-electron chi connectivity index (χ0n) is 14.4. The Balaban J connectivity index is 0.00000225. The molecule has 0 radical (unpaired) electrons. The van der Waals surface area contributed by atoms with E-state index in [1.807, 2.05) is 30.3 Å². The zero-order chi connectivity index (χ0) is 17.1. The minimum absolute atomic E-state index is 0. The number of benzene rings is 2. The molecule has 0 bridgehead atoms. The van der Waals surface area contributed by atoms with Crippen molar-refractivity contribution in [3.05, 3.63) is 64.5 Å². The van der Waals surface area contributed by atoms with Gasteiger partial charge in [-0.15, -0.1) is 0 Å². The molecule has 0 aliphatic carbocycles. The summed E-state index contributed by atoms with van der Waals surface area (Å²) in [5, 5.41) is 10.8. The molecule has 1 heterocycles. The van der Waals surface area contributed by atoms with E-state index in [1.54, 1.807) is 12.1 Å². The van der Waals surface area contributed by atoms with Crippen molar-refractivity contribution in [3.63, 3.8) is 0 Å². The number of aromatic hydroxyl groups is 1. The van der Waals surface area contributed by atoms with Crippen LogP contribution in [0.25, 0.3) is 22.1 Å². The number of rotatable bonds is 5. The van der Waals surface area contributed by atoms with Crippen molar-refractivity contribution in [2.45, 2.75) is 20.4 Å². The van der Waals surface area contributed by atoms with Gasteiger partial charge in [0.25, 0.3) is 0 Å². The van der Waals surface area contributed by atoms with Crippen molar-refractivity contribution in [1.82, 2.24) is 0 Å². The number of quaternary nitrogens is 1. The van der Waals surface area contributed by atoms with E-state index in [4.69, 9.17) is 4.42 Å². The molecule has 132 valence electrons. The molecule has 1 aromatic heterocycles. The monoisotopic (exact) mass is 359 g/mol. The van der Waals surface area contributed by atoms with E-state index in [2.05, 4.69) is 13.8 Å². The quantitative estimate of drug-likeness (QED) is 0.651. The molecule has 3 rings (SSSR count). The molecule has 0 unspecified atom stereocenters. The topological polar surface area (TPSA) is 54.9 Å². The Morgan fingerprint density at radius 2 is 1.72 bits per heavy atom. The largest absolute Gasteiger partial charge is 1.00 e. The van der Waals surface area contributed by atoms with Gasteiger partial charge < -0.3 is 26.8 Å². The molecule has 0 atom stereocenters. The van der Waals surface area contributed by atoms with Gasteiger partial charge in [0, 0.05) is 0 Å². The van der Waals surface area contributed by atoms with E-state index in [1.165, 1.54) is 11.2 Å². The molecule has 0 saturated carbocycles. The van der Waals surface area contributed by atoms with Gasteiger partial charge in [0.2, 0.25) is 5.43 Å². The number of nitrogens with one attached hydrogen (secondary N) is 1. The molecule has 0 fully saturated rings. The summed E-state index contributed by atoms with van der Waals surface area (Å²) in [6, 6.07) is 12.7. The van der Waals surface area contributed by atoms with Gasteiger partial charge >= 0.3 is 0 Å². The van der Waals surface area contributed by atoms with Crippen LogP contribution in [0.5, 0.6) is 5.75 Å². The maximum absolute atomic E-state index is 12.9. The van der Waals surface area contributed by atoms with Crippen LogP contribution in [0.1, 0.15) is 19.4 Å². The summed E-state index contributed by atoms with van der Waals surface area (Å²) in [7, 11) is 0. The molecule has 3 aromatic rings. The lowest BCUT2D eigenvalue weighted by atomic mass is 10.0. The summed E-state index contributed by atoms with van der Waals surface area (Å²) in [5.74, 6) is 0.178. The van der Waals surface area contributed by atoms with Crippen LogP contribution in [0.2, 0.25) is 0 Å². The molecule has 2 N–H and O–H groups in total. The Morgan fingerprint density at radius 3 is 2.36 bits per heavy atom. The van der Waals surface area contributed by atoms with Crippen LogP contribution in [-0.2, 0) is 6.54 Å². The van der Waals surface area contributed by atoms with Gasteiger partial charge in [0.1, 0.15) is 24.1 Å². The molecular formula is C20H22ClNO3. The molecule has 0 aliphatic rings. The van der Waals surface area contributed by atoms with Crippen LogP contribution in [0.4, 0.5) is 0 Å². The molecule has 0 aliphatic heterocycles. The van der Waals surface area contributed by atoms with Crippen LogP contribution in [0.15, 0.2) is 57.9 Å². The van der Waals surface area contributed by atoms with Gasteiger partial charge in [-0.3, -0.25) is 4.79 Å². The third-order valence-electron chi connectivity index (χ3n) is 4.53. The van der Waals surface area contributed by atoms with Crippen molar-refractivity contribution in [2.75, 3.05) is 13.1 Å². The minimum atomic E-state index is -0.0711. The number of phenols is 1. The highest BCUT2D eigenvalue weighted by Gasteiger charge is 2.18. The van der Waals surface area contributed by atoms with Gasteiger partial charge in [-0.25, -0.2) is 0 Å². The van der Waals surface area contributed by atoms with Crippen molar-refractivity contribution in [1.29, 1.82) is 0 Å². The SMILES string of the molecule is CC[NH+](CC)Cc1c(O)ccc2c(=O)c(-c3ccccc3)coc12.[Cl-]. The van der Waals surface area contributed by atoms with Crippen LogP contribution in [0.3, 0.4) is 0 Å². The molecule has 5 heteroatoms. The number of hydrogen-bond donors (Lipinski definition) is 2. The first kappa shape index (κ1) is 19.0. The van der Waals surface area contributed by atoms with Crippen LogP contribution in [0, 0.1) is 0 Å². The lowest BCUT2D eigenvalue weighted by Crippen LogP contribution is -3.10. The van der Waals surface area contributed by atoms with E-state index in [0.717, 1.165) is 18.7 Å². The van der Waals surface area contributed by atoms with E-state index >= 15 is 0 Å². The molecule has 4 nitrogen and oxygen atoms in total. The van der Waals surface area contributed by atoms with Crippen LogP contribution >= 0.6 is 0 Å². The maximum atomic E-state index is 12.9. The Labute approximate surface area is 153 Å². The summed E-state index contributed by atoms with van der Waals surface area (Å²) in [4.78, 5) is 14.2. The van der Waals surface area contributed by atoms with Gasteiger partial charge in [-0.1, -0.05) is 30.3 Å². The standard InChI is InChI=1S/C20H21NO3.ClH/c1-3-21(4-2)12-16-18(22)11-10-15-19(23)17(13-24-20(15)16)14-8-6-5-7-9-14;/h5-11,13,22H,3-4,12H2,1-2H3;1H. The van der Waals surface area contributed by atoms with E-state index in [0.29, 0.717) is 28.6 Å². The summed E-state index contributed by atoms with van der Waals surface area (Å²) in [6.07, 6.45) is 1.50. The fraction of sp³-hybridized carbons (Fsp3) is 0.250. The maximum Gasteiger partial charge on any atom is 0.200 e. The average molecular weight is 360 g/mol. The predicted octanol–water partition coefficient (Wildman–Crippen LogP) is -0.406. The zero-order valence-corrected chi connectivity index (χ0v) is 15.1. The summed E-state index contributed by atoms with van der Waals surface area (Å²) in [6.45, 7) is 6.72. The minimum Gasteiger partial charge on any atom is -1.00 e. The highest BCUT2D eigenvalue weighted by molar-refractivity contribution is 5.85. The number of fused-ring (bicyclic) bond motifs is 1. The Hall–Kier alpha value is -2.30. The Morgan fingerprint density at radius 1 is 1.04 bits per heavy atom. The van der Waals surface area contributed by atoms with Crippen LogP contribution in [-0.4, -0.2) is 18.2 Å². The van der Waals surface area contributed by atoms with E-state index < -0.39 is 0 Å². The van der Waals surface area contributed by atoms with E-state index in [-0.39, 0.29) is 23.6 Å². The number of hydrogen-bond acceptors (Lipinski definition) is 3. The molecule has 0 spiro atoms. The second-order valence-corrected chi connectivity index (χ2v) is 5.92. The van der Waals surface area contributed by atoms with Crippen molar-refractivity contribution in [2.24, 2.45) is 0 Å². The molecule has 0 amide bonds. The number of phenolic OH excluding ortho intramolecular Hbond substituents is 1. The van der Waals surface area contributed by atoms with Crippen LogP contribution < -0.4 is 22.7 Å². The first-order valence-electron chi connectivity index (χ1n) is 8.31. The molecule has 2 aromatic carbocycles. The Bertz CT molecular complexity index is 902. The highest BCUT2D eigenvalue weighted by Crippen LogP contribution is 2.27. The smallest absolute Gasteiger partial charge is 0.200 e.